The molecule has 0 unspecified atom stereocenters. The van der Waals surface area contributed by atoms with Crippen LogP contribution in [-0.2, 0) is 0 Å². The van der Waals surface area contributed by atoms with Gasteiger partial charge in [0.2, 0.25) is 0 Å². The van der Waals surface area contributed by atoms with Crippen molar-refractivity contribution in [3.8, 4) is 22.9 Å². The predicted octanol–water partition coefficient (Wildman–Crippen LogP) is 2.83. The number of nitrogen functional groups attached to an aromatic ring is 1. The Morgan fingerprint density at radius 2 is 1.89 bits per heavy atom. The minimum atomic E-state index is 0.493. The molecular formula is C15H15N3O. The summed E-state index contributed by atoms with van der Waals surface area (Å²) in [5, 5.41) is 9.35. The van der Waals surface area contributed by atoms with E-state index in [0.717, 1.165) is 11.3 Å². The second-order valence-corrected chi connectivity index (χ2v) is 4.26. The highest BCUT2D eigenvalue weighted by molar-refractivity contribution is 5.86. The van der Waals surface area contributed by atoms with E-state index >= 15 is 0 Å². The van der Waals surface area contributed by atoms with Gasteiger partial charge >= 0.3 is 0 Å². The van der Waals surface area contributed by atoms with Gasteiger partial charge in [0.1, 0.15) is 11.8 Å². The van der Waals surface area contributed by atoms with Gasteiger partial charge in [0, 0.05) is 11.1 Å². The summed E-state index contributed by atoms with van der Waals surface area (Å²) in [7, 11) is 1.60. The molecule has 19 heavy (non-hydrogen) atoms. The van der Waals surface area contributed by atoms with Crippen molar-refractivity contribution in [2.45, 2.75) is 13.8 Å². The van der Waals surface area contributed by atoms with Crippen molar-refractivity contribution >= 4 is 5.69 Å². The highest BCUT2D eigenvalue weighted by Gasteiger charge is 2.18. The lowest BCUT2D eigenvalue weighted by molar-refractivity contribution is 0.416. The zero-order valence-corrected chi connectivity index (χ0v) is 11.2. The third-order valence-electron chi connectivity index (χ3n) is 3.09. The molecule has 2 rings (SSSR count). The van der Waals surface area contributed by atoms with E-state index in [0.29, 0.717) is 28.3 Å². The average Bonchev–Trinajstić information content (AvgIpc) is 2.42. The standard InChI is InChI=1S/C15H15N3O/c1-9-12(8-16)14(15(17)10(2)18-9)11-6-4-5-7-13(11)19-3/h4-7H,17H2,1-3H3. The van der Waals surface area contributed by atoms with Crippen LogP contribution in [0.4, 0.5) is 5.69 Å². The fourth-order valence-electron chi connectivity index (χ4n) is 2.13. The van der Waals surface area contributed by atoms with Crippen LogP contribution in [0.5, 0.6) is 5.75 Å². The van der Waals surface area contributed by atoms with Crippen molar-refractivity contribution in [3.63, 3.8) is 0 Å². The molecule has 0 aliphatic rings. The van der Waals surface area contributed by atoms with E-state index in [2.05, 4.69) is 11.1 Å². The van der Waals surface area contributed by atoms with Gasteiger partial charge in [-0.3, -0.25) is 4.98 Å². The van der Waals surface area contributed by atoms with Crippen LogP contribution in [0, 0.1) is 25.2 Å². The topological polar surface area (TPSA) is 71.9 Å². The quantitative estimate of drug-likeness (QED) is 0.893. The molecule has 1 heterocycles. The summed E-state index contributed by atoms with van der Waals surface area (Å²) >= 11 is 0. The lowest BCUT2D eigenvalue weighted by Crippen LogP contribution is -2.03. The molecule has 2 aromatic rings. The van der Waals surface area contributed by atoms with E-state index in [9.17, 15) is 5.26 Å². The van der Waals surface area contributed by atoms with Gasteiger partial charge in [0.25, 0.3) is 0 Å². The van der Waals surface area contributed by atoms with Crippen LogP contribution in [0.25, 0.3) is 11.1 Å². The van der Waals surface area contributed by atoms with Gasteiger partial charge in [-0.2, -0.15) is 5.26 Å². The first kappa shape index (κ1) is 12.9. The number of rotatable bonds is 2. The van der Waals surface area contributed by atoms with Gasteiger partial charge in [0.15, 0.2) is 0 Å². The molecule has 0 aliphatic carbocycles. The Kier molecular flexibility index (Phi) is 3.39. The van der Waals surface area contributed by atoms with Crippen molar-refractivity contribution in [2.75, 3.05) is 12.8 Å². The third-order valence-corrected chi connectivity index (χ3v) is 3.09. The first-order chi connectivity index (χ1) is 9.10. The van der Waals surface area contributed by atoms with E-state index in [1.54, 1.807) is 7.11 Å². The number of para-hydroxylation sites is 1. The Morgan fingerprint density at radius 3 is 2.53 bits per heavy atom. The molecule has 0 atom stereocenters. The monoisotopic (exact) mass is 253 g/mol. The number of nitriles is 1. The van der Waals surface area contributed by atoms with Gasteiger partial charge in [-0.1, -0.05) is 18.2 Å². The Hall–Kier alpha value is -2.54. The zero-order valence-electron chi connectivity index (χ0n) is 11.2. The Balaban J connectivity index is 2.86. The van der Waals surface area contributed by atoms with Gasteiger partial charge in [-0.25, -0.2) is 0 Å². The molecular weight excluding hydrogens is 238 g/mol. The molecule has 0 fully saturated rings. The molecule has 0 aliphatic heterocycles. The highest BCUT2D eigenvalue weighted by atomic mass is 16.5. The summed E-state index contributed by atoms with van der Waals surface area (Å²) < 4.78 is 5.35. The molecule has 96 valence electrons. The number of hydrogen-bond acceptors (Lipinski definition) is 4. The molecule has 4 nitrogen and oxygen atoms in total. The molecule has 0 saturated carbocycles. The van der Waals surface area contributed by atoms with E-state index in [1.807, 2.05) is 38.1 Å². The van der Waals surface area contributed by atoms with Crippen molar-refractivity contribution in [3.05, 3.63) is 41.2 Å². The van der Waals surface area contributed by atoms with Crippen molar-refractivity contribution in [1.82, 2.24) is 4.98 Å². The molecule has 0 amide bonds. The summed E-state index contributed by atoms with van der Waals surface area (Å²) in [4.78, 5) is 4.30. The number of pyridine rings is 1. The van der Waals surface area contributed by atoms with Crippen molar-refractivity contribution in [1.29, 1.82) is 5.26 Å². The fraction of sp³-hybridized carbons (Fsp3) is 0.200. The number of benzene rings is 1. The summed E-state index contributed by atoms with van der Waals surface area (Å²) in [5.74, 6) is 0.690. The Labute approximate surface area is 112 Å². The summed E-state index contributed by atoms with van der Waals surface area (Å²) in [6.07, 6.45) is 0. The molecule has 0 saturated heterocycles. The second-order valence-electron chi connectivity index (χ2n) is 4.26. The van der Waals surface area contributed by atoms with Gasteiger partial charge in [0.05, 0.1) is 29.7 Å². The Morgan fingerprint density at radius 1 is 1.21 bits per heavy atom. The number of anilines is 1. The number of nitrogens with zero attached hydrogens (tertiary/aromatic N) is 2. The SMILES string of the molecule is COc1ccccc1-c1c(N)c(C)nc(C)c1C#N. The summed E-state index contributed by atoms with van der Waals surface area (Å²) in [6.45, 7) is 3.65. The minimum absolute atomic E-state index is 0.493. The van der Waals surface area contributed by atoms with Gasteiger partial charge in [-0.05, 0) is 19.9 Å². The van der Waals surface area contributed by atoms with Crippen LogP contribution in [0.1, 0.15) is 17.0 Å². The Bertz CT molecular complexity index is 672. The van der Waals surface area contributed by atoms with Crippen molar-refractivity contribution < 1.29 is 4.74 Å². The second kappa shape index (κ2) is 4.99. The lowest BCUT2D eigenvalue weighted by atomic mass is 9.96. The average molecular weight is 253 g/mol. The normalized spacial score (nSPS) is 10.0. The zero-order chi connectivity index (χ0) is 14.0. The van der Waals surface area contributed by atoms with Gasteiger partial charge < -0.3 is 10.5 Å². The maximum Gasteiger partial charge on any atom is 0.126 e. The molecule has 0 bridgehead atoms. The van der Waals surface area contributed by atoms with Crippen LogP contribution >= 0.6 is 0 Å². The van der Waals surface area contributed by atoms with Crippen LogP contribution in [0.3, 0.4) is 0 Å². The van der Waals surface area contributed by atoms with E-state index in [1.165, 1.54) is 0 Å². The minimum Gasteiger partial charge on any atom is -0.496 e. The maximum atomic E-state index is 9.35. The highest BCUT2D eigenvalue weighted by Crippen LogP contribution is 2.37. The van der Waals surface area contributed by atoms with E-state index < -0.39 is 0 Å². The number of ether oxygens (including phenoxy) is 1. The number of hydrogen-bond donors (Lipinski definition) is 1. The first-order valence-corrected chi connectivity index (χ1v) is 5.90. The van der Waals surface area contributed by atoms with E-state index in [-0.39, 0.29) is 0 Å². The molecule has 4 heteroatoms. The summed E-state index contributed by atoms with van der Waals surface area (Å²) in [5.41, 5.74) is 10.0. The number of nitrogens with two attached hydrogens (primary N) is 1. The largest absolute Gasteiger partial charge is 0.496 e. The number of aryl methyl sites for hydroxylation is 2. The fourth-order valence-corrected chi connectivity index (χ4v) is 2.13. The molecule has 2 N–H and O–H groups in total. The van der Waals surface area contributed by atoms with Crippen LogP contribution in [0.15, 0.2) is 24.3 Å². The number of aromatic nitrogens is 1. The predicted molar refractivity (Wildman–Crippen MR) is 74.8 cm³/mol. The summed E-state index contributed by atoms with van der Waals surface area (Å²) in [6, 6.07) is 9.70. The van der Waals surface area contributed by atoms with E-state index in [4.69, 9.17) is 10.5 Å². The number of methoxy groups -OCH3 is 1. The third kappa shape index (κ3) is 2.11. The van der Waals surface area contributed by atoms with Crippen LogP contribution in [0.2, 0.25) is 0 Å². The lowest BCUT2D eigenvalue weighted by Gasteiger charge is -2.15. The van der Waals surface area contributed by atoms with Crippen LogP contribution < -0.4 is 10.5 Å². The first-order valence-electron chi connectivity index (χ1n) is 5.90. The smallest absolute Gasteiger partial charge is 0.126 e. The molecule has 0 spiro atoms. The molecule has 1 aromatic heterocycles. The van der Waals surface area contributed by atoms with Gasteiger partial charge in [-0.15, -0.1) is 0 Å². The van der Waals surface area contributed by atoms with Crippen molar-refractivity contribution in [2.24, 2.45) is 0 Å². The van der Waals surface area contributed by atoms with Crippen LogP contribution in [-0.4, -0.2) is 12.1 Å². The molecule has 1 aromatic carbocycles. The maximum absolute atomic E-state index is 9.35. The molecule has 0 radical (unpaired) electrons.